The SMILES string of the molecule is CCN1CC(=O)N(CC(=O)c2cccc(C)c2)CC1=O. The number of nitrogens with zero attached hydrogens (tertiary/aromatic N) is 2. The van der Waals surface area contributed by atoms with E-state index in [1.54, 1.807) is 12.1 Å². The van der Waals surface area contributed by atoms with E-state index in [1.807, 2.05) is 26.0 Å². The standard InChI is InChI=1S/C15H18N2O3/c1-3-16-9-15(20)17(10-14(16)19)8-13(18)12-6-4-5-11(2)7-12/h4-7H,3,8-10H2,1-2H3. The maximum Gasteiger partial charge on any atom is 0.243 e. The Balaban J connectivity index is 2.05. The Morgan fingerprint density at radius 2 is 1.80 bits per heavy atom. The summed E-state index contributed by atoms with van der Waals surface area (Å²) in [7, 11) is 0. The van der Waals surface area contributed by atoms with E-state index < -0.39 is 0 Å². The Bertz CT molecular complexity index is 554. The van der Waals surface area contributed by atoms with Crippen molar-refractivity contribution in [3.63, 3.8) is 0 Å². The van der Waals surface area contributed by atoms with Crippen molar-refractivity contribution in [1.29, 1.82) is 0 Å². The van der Waals surface area contributed by atoms with Crippen molar-refractivity contribution in [3.05, 3.63) is 35.4 Å². The van der Waals surface area contributed by atoms with Crippen molar-refractivity contribution in [2.75, 3.05) is 26.2 Å². The second kappa shape index (κ2) is 5.86. The number of piperazine rings is 1. The van der Waals surface area contributed by atoms with E-state index in [2.05, 4.69) is 0 Å². The number of ketones is 1. The first-order chi connectivity index (χ1) is 9.51. The zero-order chi connectivity index (χ0) is 14.7. The van der Waals surface area contributed by atoms with Crippen LogP contribution in [0.2, 0.25) is 0 Å². The minimum atomic E-state index is -0.174. The largest absolute Gasteiger partial charge is 0.332 e. The number of Topliss-reactive ketones (excluding diaryl/α,β-unsaturated/α-hetero) is 1. The summed E-state index contributed by atoms with van der Waals surface area (Å²) in [6.45, 7) is 4.28. The fourth-order valence-corrected chi connectivity index (χ4v) is 2.22. The highest BCUT2D eigenvalue weighted by Gasteiger charge is 2.30. The second-order valence-corrected chi connectivity index (χ2v) is 4.95. The molecule has 5 heteroatoms. The van der Waals surface area contributed by atoms with Gasteiger partial charge in [0.2, 0.25) is 11.8 Å². The molecule has 1 aliphatic rings. The van der Waals surface area contributed by atoms with E-state index >= 15 is 0 Å². The minimum absolute atomic E-state index is 0.00969. The van der Waals surface area contributed by atoms with Crippen LogP contribution in [0.1, 0.15) is 22.8 Å². The molecule has 0 aliphatic carbocycles. The molecule has 1 aliphatic heterocycles. The molecule has 0 saturated carbocycles. The summed E-state index contributed by atoms with van der Waals surface area (Å²) in [4.78, 5) is 38.7. The highest BCUT2D eigenvalue weighted by atomic mass is 16.2. The molecule has 0 unspecified atom stereocenters. The third-order valence-electron chi connectivity index (χ3n) is 3.41. The highest BCUT2D eigenvalue weighted by molar-refractivity contribution is 6.01. The highest BCUT2D eigenvalue weighted by Crippen LogP contribution is 2.09. The summed E-state index contributed by atoms with van der Waals surface area (Å²) in [6, 6.07) is 7.23. The van der Waals surface area contributed by atoms with Gasteiger partial charge in [0.25, 0.3) is 0 Å². The van der Waals surface area contributed by atoms with Crippen LogP contribution in [0.5, 0.6) is 0 Å². The van der Waals surface area contributed by atoms with Crippen LogP contribution in [0, 0.1) is 6.92 Å². The first kappa shape index (κ1) is 14.2. The predicted molar refractivity (Wildman–Crippen MR) is 74.3 cm³/mol. The van der Waals surface area contributed by atoms with Crippen LogP contribution in [-0.2, 0) is 9.59 Å². The molecular weight excluding hydrogens is 256 g/mol. The molecule has 1 aromatic rings. The topological polar surface area (TPSA) is 57.7 Å². The summed E-state index contributed by atoms with van der Waals surface area (Å²) in [5, 5.41) is 0. The van der Waals surface area contributed by atoms with Crippen LogP contribution in [0.3, 0.4) is 0 Å². The zero-order valence-corrected chi connectivity index (χ0v) is 11.8. The van der Waals surface area contributed by atoms with Gasteiger partial charge in [0.1, 0.15) is 6.54 Å². The number of hydrogen-bond acceptors (Lipinski definition) is 3. The van der Waals surface area contributed by atoms with Gasteiger partial charge in [-0.1, -0.05) is 23.8 Å². The van der Waals surface area contributed by atoms with Gasteiger partial charge in [-0.15, -0.1) is 0 Å². The molecule has 1 fully saturated rings. The molecule has 106 valence electrons. The van der Waals surface area contributed by atoms with Crippen LogP contribution in [0.15, 0.2) is 24.3 Å². The van der Waals surface area contributed by atoms with Crippen LogP contribution in [-0.4, -0.2) is 53.6 Å². The molecule has 1 heterocycles. The normalized spacial score (nSPS) is 15.7. The first-order valence-corrected chi connectivity index (χ1v) is 6.66. The number of carbonyl (C=O) groups excluding carboxylic acids is 3. The van der Waals surface area contributed by atoms with Gasteiger partial charge in [-0.2, -0.15) is 0 Å². The van der Waals surface area contributed by atoms with E-state index in [1.165, 1.54) is 9.80 Å². The average molecular weight is 274 g/mol. The molecule has 1 aromatic carbocycles. The Morgan fingerprint density at radius 3 is 2.45 bits per heavy atom. The monoisotopic (exact) mass is 274 g/mol. The van der Waals surface area contributed by atoms with E-state index in [0.29, 0.717) is 12.1 Å². The quantitative estimate of drug-likeness (QED) is 0.765. The molecule has 1 saturated heterocycles. The third-order valence-corrected chi connectivity index (χ3v) is 3.41. The lowest BCUT2D eigenvalue weighted by molar-refractivity contribution is -0.149. The average Bonchev–Trinajstić information content (AvgIpc) is 2.42. The van der Waals surface area contributed by atoms with Gasteiger partial charge in [-0.3, -0.25) is 14.4 Å². The van der Waals surface area contributed by atoms with Crippen molar-refractivity contribution >= 4 is 17.6 Å². The van der Waals surface area contributed by atoms with Gasteiger partial charge in [0.05, 0.1) is 13.1 Å². The third kappa shape index (κ3) is 3.04. The molecule has 0 atom stereocenters. The number of amides is 2. The summed E-state index contributed by atoms with van der Waals surface area (Å²) in [5.41, 5.74) is 1.57. The molecule has 2 amide bonds. The van der Waals surface area contributed by atoms with Crippen molar-refractivity contribution in [2.24, 2.45) is 0 Å². The van der Waals surface area contributed by atoms with E-state index in [9.17, 15) is 14.4 Å². The van der Waals surface area contributed by atoms with E-state index in [-0.39, 0.29) is 37.2 Å². The molecule has 2 rings (SSSR count). The van der Waals surface area contributed by atoms with Crippen molar-refractivity contribution < 1.29 is 14.4 Å². The fourth-order valence-electron chi connectivity index (χ4n) is 2.22. The van der Waals surface area contributed by atoms with Crippen molar-refractivity contribution in [1.82, 2.24) is 9.80 Å². The minimum Gasteiger partial charge on any atom is -0.332 e. The van der Waals surface area contributed by atoms with Crippen LogP contribution in [0.4, 0.5) is 0 Å². The van der Waals surface area contributed by atoms with Crippen LogP contribution in [0.25, 0.3) is 0 Å². The molecule has 0 bridgehead atoms. The zero-order valence-electron chi connectivity index (χ0n) is 11.8. The number of hydrogen-bond donors (Lipinski definition) is 0. The molecule has 5 nitrogen and oxygen atoms in total. The Morgan fingerprint density at radius 1 is 1.15 bits per heavy atom. The summed E-state index contributed by atoms with van der Waals surface area (Å²) in [6.07, 6.45) is 0. The molecule has 0 aromatic heterocycles. The van der Waals surface area contributed by atoms with Gasteiger partial charge < -0.3 is 9.80 Å². The molecular formula is C15H18N2O3. The van der Waals surface area contributed by atoms with Crippen LogP contribution >= 0.6 is 0 Å². The predicted octanol–water partition coefficient (Wildman–Crippen LogP) is 0.868. The lowest BCUT2D eigenvalue weighted by Crippen LogP contribution is -2.54. The number of benzene rings is 1. The Kier molecular flexibility index (Phi) is 4.17. The maximum atomic E-state index is 12.1. The van der Waals surface area contributed by atoms with Crippen molar-refractivity contribution in [2.45, 2.75) is 13.8 Å². The van der Waals surface area contributed by atoms with Gasteiger partial charge >= 0.3 is 0 Å². The number of rotatable bonds is 4. The molecule has 20 heavy (non-hydrogen) atoms. The summed E-state index contributed by atoms with van der Waals surface area (Å²) in [5.74, 6) is -0.420. The van der Waals surface area contributed by atoms with Crippen molar-refractivity contribution in [3.8, 4) is 0 Å². The number of aryl methyl sites for hydroxylation is 1. The number of carbonyl (C=O) groups is 3. The second-order valence-electron chi connectivity index (χ2n) is 4.95. The summed E-state index contributed by atoms with van der Waals surface area (Å²) < 4.78 is 0. The smallest absolute Gasteiger partial charge is 0.243 e. The van der Waals surface area contributed by atoms with Crippen LogP contribution < -0.4 is 0 Å². The lowest BCUT2D eigenvalue weighted by Gasteiger charge is -2.32. The molecule has 0 N–H and O–H groups in total. The van der Waals surface area contributed by atoms with E-state index in [0.717, 1.165) is 5.56 Å². The summed E-state index contributed by atoms with van der Waals surface area (Å²) >= 11 is 0. The molecule has 0 spiro atoms. The molecule has 0 radical (unpaired) electrons. The lowest BCUT2D eigenvalue weighted by atomic mass is 10.1. The van der Waals surface area contributed by atoms with Gasteiger partial charge in [-0.25, -0.2) is 0 Å². The van der Waals surface area contributed by atoms with Gasteiger partial charge in [0.15, 0.2) is 5.78 Å². The maximum absolute atomic E-state index is 12.1. The number of likely N-dealkylation sites (N-methyl/N-ethyl adjacent to an activating group) is 1. The Hall–Kier alpha value is -2.17. The van der Waals surface area contributed by atoms with E-state index in [4.69, 9.17) is 0 Å². The fraction of sp³-hybridized carbons (Fsp3) is 0.400. The van der Waals surface area contributed by atoms with Gasteiger partial charge in [-0.05, 0) is 19.9 Å². The first-order valence-electron chi connectivity index (χ1n) is 6.66. The van der Waals surface area contributed by atoms with Gasteiger partial charge in [0, 0.05) is 12.1 Å². The Labute approximate surface area is 118 Å².